The Hall–Kier alpha value is -1.93. The monoisotopic (exact) mass is 447 g/mol. The average molecular weight is 448 g/mol. The summed E-state index contributed by atoms with van der Waals surface area (Å²) >= 11 is 0. The minimum Gasteiger partial charge on any atom is -0.357 e. The van der Waals surface area contributed by atoms with E-state index in [4.69, 9.17) is 4.99 Å². The van der Waals surface area contributed by atoms with Gasteiger partial charge >= 0.3 is 0 Å². The van der Waals surface area contributed by atoms with Crippen LogP contribution in [0.25, 0.3) is 0 Å². The van der Waals surface area contributed by atoms with E-state index in [1.807, 2.05) is 42.2 Å². The summed E-state index contributed by atoms with van der Waals surface area (Å²) < 4.78 is 12.4. The van der Waals surface area contributed by atoms with Gasteiger partial charge in [0.05, 0.1) is 12.6 Å². The van der Waals surface area contributed by atoms with Crippen molar-refractivity contribution in [2.24, 2.45) is 4.99 Å². The van der Waals surface area contributed by atoms with Gasteiger partial charge in [0.1, 0.15) is 0 Å². The number of carbonyl (C=O) groups excluding carboxylic acids is 1. The lowest BCUT2D eigenvalue weighted by molar-refractivity contribution is -0.135. The largest absolute Gasteiger partial charge is 0.357 e. The number of hydrogen-bond acceptors (Lipinski definition) is 4. The Morgan fingerprint density at radius 1 is 1.06 bits per heavy atom. The second kappa shape index (κ2) is 12.2. The molecule has 0 bridgehead atoms. The quantitative estimate of drug-likeness (QED) is 0.484. The molecule has 0 aliphatic carbocycles. The molecule has 2 atom stereocenters. The molecule has 31 heavy (non-hydrogen) atoms. The highest BCUT2D eigenvalue weighted by Crippen LogP contribution is 2.14. The molecule has 1 N–H and O–H groups in total. The van der Waals surface area contributed by atoms with Crippen LogP contribution in [-0.4, -0.2) is 94.9 Å². The zero-order valence-corrected chi connectivity index (χ0v) is 19.8. The number of amides is 1. The number of benzene rings is 1. The van der Waals surface area contributed by atoms with Gasteiger partial charge in [0.15, 0.2) is 5.96 Å². The number of guanidine groups is 1. The first-order chi connectivity index (χ1) is 15.1. The molecule has 0 saturated carbocycles. The van der Waals surface area contributed by atoms with Crippen LogP contribution in [0.3, 0.4) is 0 Å². The van der Waals surface area contributed by atoms with Crippen molar-refractivity contribution >= 4 is 22.7 Å². The zero-order chi connectivity index (χ0) is 22.1. The fraction of sp³-hybridized carbons (Fsp3) is 0.652. The van der Waals surface area contributed by atoms with Gasteiger partial charge in [-0.1, -0.05) is 30.3 Å². The van der Waals surface area contributed by atoms with E-state index in [0.717, 1.165) is 70.2 Å². The predicted molar refractivity (Wildman–Crippen MR) is 128 cm³/mol. The third-order valence-electron chi connectivity index (χ3n) is 6.02. The van der Waals surface area contributed by atoms with Crippen LogP contribution in [0.1, 0.15) is 32.3 Å². The summed E-state index contributed by atoms with van der Waals surface area (Å²) in [5.41, 5.74) is 1.10. The van der Waals surface area contributed by atoms with E-state index >= 15 is 0 Å². The second-order valence-corrected chi connectivity index (χ2v) is 9.82. The van der Waals surface area contributed by atoms with Crippen LogP contribution in [0, 0.1) is 0 Å². The first-order valence-corrected chi connectivity index (χ1v) is 13.0. The molecular formula is C23H37N5O2S. The summed E-state index contributed by atoms with van der Waals surface area (Å²) in [5, 5.41) is 3.37. The third kappa shape index (κ3) is 7.04. The number of hydrogen-bond donors (Lipinski definition) is 1. The third-order valence-corrected chi connectivity index (χ3v) is 7.32. The number of aliphatic imine (C=N–C) groups is 1. The van der Waals surface area contributed by atoms with Gasteiger partial charge in [-0.05, 0) is 32.3 Å². The van der Waals surface area contributed by atoms with Crippen molar-refractivity contribution in [3.8, 4) is 0 Å². The van der Waals surface area contributed by atoms with Gasteiger partial charge < -0.3 is 15.1 Å². The topological polar surface area (TPSA) is 68.2 Å². The van der Waals surface area contributed by atoms with Crippen LogP contribution in [0.4, 0.5) is 0 Å². The van der Waals surface area contributed by atoms with Crippen LogP contribution < -0.4 is 5.32 Å². The maximum Gasteiger partial charge on any atom is 0.239 e. The highest BCUT2D eigenvalue weighted by molar-refractivity contribution is 7.84. The lowest BCUT2D eigenvalue weighted by Crippen LogP contribution is -2.57. The van der Waals surface area contributed by atoms with Crippen LogP contribution in [0.15, 0.2) is 35.3 Å². The first-order valence-electron chi connectivity index (χ1n) is 11.5. The molecule has 0 aromatic heterocycles. The van der Waals surface area contributed by atoms with Gasteiger partial charge in [-0.25, -0.2) is 0 Å². The normalized spacial score (nSPS) is 20.0. The zero-order valence-electron chi connectivity index (χ0n) is 19.0. The molecule has 1 aromatic rings. The molecule has 172 valence electrons. The van der Waals surface area contributed by atoms with Crippen LogP contribution in [0.2, 0.25) is 0 Å². The molecule has 1 aromatic carbocycles. The summed E-state index contributed by atoms with van der Waals surface area (Å²) in [6.45, 7) is 10.7. The smallest absolute Gasteiger partial charge is 0.239 e. The van der Waals surface area contributed by atoms with Crippen molar-refractivity contribution in [3.05, 3.63) is 35.9 Å². The summed E-state index contributed by atoms with van der Waals surface area (Å²) in [4.78, 5) is 24.0. The Morgan fingerprint density at radius 3 is 2.39 bits per heavy atom. The molecule has 8 heteroatoms. The van der Waals surface area contributed by atoms with Gasteiger partial charge in [0, 0.05) is 68.1 Å². The standard InChI is InChI=1S/C23H37N5O2S/c1-3-24-23(25-11-18-31(30)19-21-9-5-4-6-10-21)28-16-14-26(15-17-28)20(2)22(29)27-12-7-8-13-27/h4-6,9-10,20H,3,7-8,11-19H2,1-2H3,(H,24,25). The summed E-state index contributed by atoms with van der Waals surface area (Å²) in [6, 6.07) is 9.91. The SMILES string of the molecule is CCNC(=NCCS(=O)Cc1ccccc1)N1CCN(C(C)C(=O)N2CCCC2)CC1. The number of nitrogens with zero attached hydrogens (tertiary/aromatic N) is 4. The average Bonchev–Trinajstić information content (AvgIpc) is 3.33. The van der Waals surface area contributed by atoms with Crippen LogP contribution in [0.5, 0.6) is 0 Å². The fourth-order valence-electron chi connectivity index (χ4n) is 4.19. The Kier molecular flexibility index (Phi) is 9.33. The fourth-order valence-corrected chi connectivity index (χ4v) is 5.19. The van der Waals surface area contributed by atoms with Crippen molar-refractivity contribution in [1.29, 1.82) is 0 Å². The minimum atomic E-state index is -0.919. The van der Waals surface area contributed by atoms with E-state index in [1.165, 1.54) is 0 Å². The molecule has 2 heterocycles. The number of carbonyl (C=O) groups is 1. The number of rotatable bonds is 8. The maximum absolute atomic E-state index is 12.7. The lowest BCUT2D eigenvalue weighted by Gasteiger charge is -2.39. The van der Waals surface area contributed by atoms with E-state index in [0.29, 0.717) is 18.1 Å². The van der Waals surface area contributed by atoms with Gasteiger partial charge in [-0.3, -0.25) is 18.9 Å². The van der Waals surface area contributed by atoms with Crippen LogP contribution >= 0.6 is 0 Å². The van der Waals surface area contributed by atoms with Gasteiger partial charge in [-0.15, -0.1) is 0 Å². The molecule has 0 spiro atoms. The Bertz CT molecular complexity index is 744. The van der Waals surface area contributed by atoms with E-state index in [2.05, 4.69) is 22.0 Å². The van der Waals surface area contributed by atoms with Crippen molar-refractivity contribution in [2.45, 2.75) is 38.5 Å². The molecular weight excluding hydrogens is 410 g/mol. The number of likely N-dealkylation sites (tertiary alicyclic amines) is 1. The predicted octanol–water partition coefficient (Wildman–Crippen LogP) is 1.53. The number of piperazine rings is 1. The van der Waals surface area contributed by atoms with E-state index in [9.17, 15) is 9.00 Å². The number of nitrogens with one attached hydrogen (secondary N) is 1. The second-order valence-electron chi connectivity index (χ2n) is 8.24. The summed E-state index contributed by atoms with van der Waals surface area (Å²) in [7, 11) is -0.919. The summed E-state index contributed by atoms with van der Waals surface area (Å²) in [5.74, 6) is 2.30. The molecule has 2 fully saturated rings. The first kappa shape index (κ1) is 23.7. The van der Waals surface area contributed by atoms with Gasteiger partial charge in [-0.2, -0.15) is 0 Å². The summed E-state index contributed by atoms with van der Waals surface area (Å²) in [6.07, 6.45) is 2.26. The van der Waals surface area contributed by atoms with Crippen LogP contribution in [-0.2, 0) is 21.3 Å². The minimum absolute atomic E-state index is 0.0554. The highest BCUT2D eigenvalue weighted by Gasteiger charge is 2.30. The molecule has 0 radical (unpaired) electrons. The van der Waals surface area contributed by atoms with Crippen molar-refractivity contribution in [1.82, 2.24) is 20.0 Å². The van der Waals surface area contributed by atoms with E-state index in [-0.39, 0.29) is 11.9 Å². The molecule has 2 aliphatic heterocycles. The lowest BCUT2D eigenvalue weighted by atomic mass is 10.2. The van der Waals surface area contributed by atoms with Gasteiger partial charge in [0.25, 0.3) is 0 Å². The van der Waals surface area contributed by atoms with E-state index < -0.39 is 10.8 Å². The molecule has 2 saturated heterocycles. The Balaban J connectivity index is 1.46. The molecule has 2 aliphatic rings. The van der Waals surface area contributed by atoms with Crippen molar-refractivity contribution in [3.63, 3.8) is 0 Å². The Morgan fingerprint density at radius 2 is 1.74 bits per heavy atom. The molecule has 1 amide bonds. The van der Waals surface area contributed by atoms with E-state index in [1.54, 1.807) is 0 Å². The Labute approximate surface area is 189 Å². The maximum atomic E-state index is 12.7. The van der Waals surface area contributed by atoms with Gasteiger partial charge in [0.2, 0.25) is 5.91 Å². The highest BCUT2D eigenvalue weighted by atomic mass is 32.2. The molecule has 7 nitrogen and oxygen atoms in total. The van der Waals surface area contributed by atoms with Crippen molar-refractivity contribution in [2.75, 3.05) is 58.1 Å². The van der Waals surface area contributed by atoms with Crippen molar-refractivity contribution < 1.29 is 9.00 Å². The molecule has 2 unspecified atom stereocenters. The molecule has 3 rings (SSSR count).